The molecular weight excluding hydrogens is 188 g/mol. The van der Waals surface area contributed by atoms with Crippen molar-refractivity contribution in [3.8, 4) is 0 Å². The molecule has 1 atom stereocenters. The van der Waals surface area contributed by atoms with Crippen LogP contribution in [0.2, 0.25) is 0 Å². The van der Waals surface area contributed by atoms with Crippen LogP contribution in [0.1, 0.15) is 46.5 Å². The molecule has 2 heteroatoms. The molecule has 1 saturated carbocycles. The molecule has 0 aromatic carbocycles. The summed E-state index contributed by atoms with van der Waals surface area (Å²) >= 11 is 0. The monoisotopic (exact) mass is 208 g/mol. The molecule has 2 rings (SSSR count). The van der Waals surface area contributed by atoms with Crippen LogP contribution in [0.25, 0.3) is 0 Å². The van der Waals surface area contributed by atoms with Crippen LogP contribution in [0.5, 0.6) is 0 Å². The van der Waals surface area contributed by atoms with Gasteiger partial charge in [0.05, 0.1) is 0 Å². The normalized spacial score (nSPS) is 27.7. The lowest BCUT2D eigenvalue weighted by Crippen LogP contribution is -2.37. The number of carbonyl (C=O) groups excluding carboxylic acids is 1. The highest BCUT2D eigenvalue weighted by atomic mass is 16.6. The fraction of sp³-hybridized carbons (Fsp3) is 0.769. The topological polar surface area (TPSA) is 26.3 Å². The van der Waals surface area contributed by atoms with Crippen molar-refractivity contribution < 1.29 is 9.53 Å². The Morgan fingerprint density at radius 3 is 2.40 bits per heavy atom. The SMILES string of the molecule is CC1C=C1C(=O)OC1(C(C)C)CCCC1. The first kappa shape index (κ1) is 10.7. The number of hydrogen-bond donors (Lipinski definition) is 0. The molecule has 2 nitrogen and oxygen atoms in total. The smallest absolute Gasteiger partial charge is 0.334 e. The molecule has 0 aromatic heterocycles. The third-order valence-electron chi connectivity index (χ3n) is 3.84. The number of ether oxygens (including phenoxy) is 1. The molecule has 1 unspecified atom stereocenters. The Hall–Kier alpha value is -0.790. The number of rotatable bonds is 3. The Morgan fingerprint density at radius 1 is 1.47 bits per heavy atom. The highest BCUT2D eigenvalue weighted by molar-refractivity contribution is 5.94. The van der Waals surface area contributed by atoms with Gasteiger partial charge in [0, 0.05) is 11.5 Å². The van der Waals surface area contributed by atoms with E-state index in [1.807, 2.05) is 13.0 Å². The molecule has 0 bridgehead atoms. The Labute approximate surface area is 91.7 Å². The third-order valence-corrected chi connectivity index (χ3v) is 3.84. The maximum Gasteiger partial charge on any atom is 0.334 e. The Morgan fingerprint density at radius 2 is 2.00 bits per heavy atom. The Kier molecular flexibility index (Phi) is 2.61. The predicted molar refractivity (Wildman–Crippen MR) is 59.4 cm³/mol. The molecule has 1 fully saturated rings. The second kappa shape index (κ2) is 3.66. The number of allylic oxidation sites excluding steroid dienone is 1. The van der Waals surface area contributed by atoms with Gasteiger partial charge in [-0.25, -0.2) is 4.79 Å². The highest BCUT2D eigenvalue weighted by Gasteiger charge is 2.42. The Bertz CT molecular complexity index is 296. The van der Waals surface area contributed by atoms with E-state index in [4.69, 9.17) is 4.74 Å². The number of carbonyl (C=O) groups is 1. The molecule has 0 saturated heterocycles. The van der Waals surface area contributed by atoms with E-state index < -0.39 is 0 Å². The van der Waals surface area contributed by atoms with Crippen molar-refractivity contribution in [3.05, 3.63) is 11.6 Å². The van der Waals surface area contributed by atoms with Crippen LogP contribution < -0.4 is 0 Å². The van der Waals surface area contributed by atoms with Crippen molar-refractivity contribution in [3.63, 3.8) is 0 Å². The summed E-state index contributed by atoms with van der Waals surface area (Å²) in [6.07, 6.45) is 6.45. The summed E-state index contributed by atoms with van der Waals surface area (Å²) in [4.78, 5) is 11.8. The van der Waals surface area contributed by atoms with E-state index in [0.717, 1.165) is 18.4 Å². The van der Waals surface area contributed by atoms with Crippen molar-refractivity contribution >= 4 is 5.97 Å². The van der Waals surface area contributed by atoms with Gasteiger partial charge in [0.15, 0.2) is 0 Å². The van der Waals surface area contributed by atoms with Gasteiger partial charge in [-0.05, 0) is 31.6 Å². The van der Waals surface area contributed by atoms with E-state index in [0.29, 0.717) is 11.8 Å². The Balaban J connectivity index is 2.01. The molecule has 15 heavy (non-hydrogen) atoms. The minimum atomic E-state index is -0.166. The van der Waals surface area contributed by atoms with Crippen LogP contribution >= 0.6 is 0 Å². The molecule has 2 aliphatic carbocycles. The average Bonchev–Trinajstić information content (AvgIpc) is 2.73. The molecule has 0 heterocycles. The zero-order valence-electron chi connectivity index (χ0n) is 9.88. The summed E-state index contributed by atoms with van der Waals surface area (Å²) in [5, 5.41) is 0. The first-order chi connectivity index (χ1) is 7.05. The molecule has 2 aliphatic rings. The lowest BCUT2D eigenvalue weighted by atomic mass is 9.88. The van der Waals surface area contributed by atoms with Gasteiger partial charge in [0.2, 0.25) is 0 Å². The van der Waals surface area contributed by atoms with Crippen LogP contribution in [-0.2, 0) is 9.53 Å². The fourth-order valence-electron chi connectivity index (χ4n) is 2.49. The predicted octanol–water partition coefficient (Wildman–Crippen LogP) is 3.07. The summed E-state index contributed by atoms with van der Waals surface area (Å²) in [7, 11) is 0. The standard InChI is InChI=1S/C13H20O2/c1-9(2)13(6-4-5-7-13)15-12(14)11-8-10(11)3/h8-10H,4-7H2,1-3H3. The number of esters is 1. The first-order valence-corrected chi connectivity index (χ1v) is 6.00. The van der Waals surface area contributed by atoms with E-state index in [1.165, 1.54) is 12.8 Å². The lowest BCUT2D eigenvalue weighted by Gasteiger charge is -2.32. The maximum atomic E-state index is 11.8. The second-order valence-electron chi connectivity index (χ2n) is 5.23. The van der Waals surface area contributed by atoms with E-state index in [-0.39, 0.29) is 11.6 Å². The van der Waals surface area contributed by atoms with Crippen LogP contribution in [0.15, 0.2) is 11.6 Å². The minimum Gasteiger partial charge on any atom is -0.455 e. The van der Waals surface area contributed by atoms with Crippen molar-refractivity contribution in [1.29, 1.82) is 0 Å². The van der Waals surface area contributed by atoms with Gasteiger partial charge in [-0.15, -0.1) is 0 Å². The molecule has 0 spiro atoms. The fourth-order valence-corrected chi connectivity index (χ4v) is 2.49. The maximum absolute atomic E-state index is 11.8. The summed E-state index contributed by atoms with van der Waals surface area (Å²) in [6, 6.07) is 0. The van der Waals surface area contributed by atoms with Gasteiger partial charge < -0.3 is 4.74 Å². The van der Waals surface area contributed by atoms with Crippen molar-refractivity contribution in [2.75, 3.05) is 0 Å². The quantitative estimate of drug-likeness (QED) is 0.666. The lowest BCUT2D eigenvalue weighted by molar-refractivity contribution is -0.159. The van der Waals surface area contributed by atoms with Gasteiger partial charge in [-0.1, -0.05) is 26.8 Å². The third kappa shape index (κ3) is 1.95. The van der Waals surface area contributed by atoms with E-state index in [2.05, 4.69) is 13.8 Å². The van der Waals surface area contributed by atoms with Crippen LogP contribution in [0.3, 0.4) is 0 Å². The molecule has 84 valence electrons. The van der Waals surface area contributed by atoms with Gasteiger partial charge in [0.1, 0.15) is 5.60 Å². The number of hydrogen-bond acceptors (Lipinski definition) is 2. The van der Waals surface area contributed by atoms with Crippen LogP contribution in [-0.4, -0.2) is 11.6 Å². The summed E-state index contributed by atoms with van der Waals surface area (Å²) < 4.78 is 5.75. The zero-order valence-corrected chi connectivity index (χ0v) is 9.88. The van der Waals surface area contributed by atoms with Crippen LogP contribution in [0.4, 0.5) is 0 Å². The minimum absolute atomic E-state index is 0.0712. The molecule has 0 aromatic rings. The average molecular weight is 208 g/mol. The summed E-state index contributed by atoms with van der Waals surface area (Å²) in [5.74, 6) is 0.708. The van der Waals surface area contributed by atoms with Gasteiger partial charge in [-0.3, -0.25) is 0 Å². The first-order valence-electron chi connectivity index (χ1n) is 6.00. The van der Waals surface area contributed by atoms with Crippen molar-refractivity contribution in [2.24, 2.45) is 11.8 Å². The highest BCUT2D eigenvalue weighted by Crippen LogP contribution is 2.41. The largest absolute Gasteiger partial charge is 0.455 e. The van der Waals surface area contributed by atoms with Crippen LogP contribution in [0, 0.1) is 11.8 Å². The second-order valence-corrected chi connectivity index (χ2v) is 5.23. The zero-order chi connectivity index (χ0) is 11.1. The van der Waals surface area contributed by atoms with E-state index in [1.54, 1.807) is 0 Å². The molecule has 0 aliphatic heterocycles. The van der Waals surface area contributed by atoms with Gasteiger partial charge in [0.25, 0.3) is 0 Å². The molecule has 0 radical (unpaired) electrons. The summed E-state index contributed by atoms with van der Waals surface area (Å²) in [5.41, 5.74) is 0.710. The molecule has 0 amide bonds. The molecular formula is C13H20O2. The van der Waals surface area contributed by atoms with E-state index >= 15 is 0 Å². The van der Waals surface area contributed by atoms with Gasteiger partial charge >= 0.3 is 5.97 Å². The molecule has 0 N–H and O–H groups in total. The summed E-state index contributed by atoms with van der Waals surface area (Å²) in [6.45, 7) is 6.35. The van der Waals surface area contributed by atoms with Crippen molar-refractivity contribution in [2.45, 2.75) is 52.1 Å². The van der Waals surface area contributed by atoms with E-state index in [9.17, 15) is 4.79 Å². The van der Waals surface area contributed by atoms with Gasteiger partial charge in [-0.2, -0.15) is 0 Å². The van der Waals surface area contributed by atoms with Crippen molar-refractivity contribution in [1.82, 2.24) is 0 Å².